The molecule has 0 spiro atoms. The lowest BCUT2D eigenvalue weighted by atomic mass is 10.2. The van der Waals surface area contributed by atoms with Gasteiger partial charge in [0.2, 0.25) is 0 Å². The first-order chi connectivity index (χ1) is 8.81. The Morgan fingerprint density at radius 1 is 0.889 bits per heavy atom. The largest absolute Gasteiger partial charge is 0.457 e. The van der Waals surface area contributed by atoms with Gasteiger partial charge in [0.1, 0.15) is 11.3 Å². The molecule has 2 heteroatoms. The van der Waals surface area contributed by atoms with Gasteiger partial charge in [-0.2, -0.15) is 0 Å². The Hall–Kier alpha value is -1.80. The number of benzene rings is 2. The Balaban J connectivity index is 1.89. The normalized spacial score (nSPS) is 11.4. The lowest BCUT2D eigenvalue weighted by Gasteiger charge is -1.92. The molecule has 0 aliphatic heterocycles. The van der Waals surface area contributed by atoms with E-state index in [0.29, 0.717) is 0 Å². The minimum absolute atomic E-state index is 0.874. The predicted molar refractivity (Wildman–Crippen MR) is 79.3 cm³/mol. The van der Waals surface area contributed by atoms with E-state index in [9.17, 15) is 0 Å². The van der Waals surface area contributed by atoms with Crippen LogP contribution in [-0.2, 0) is 0 Å². The maximum Gasteiger partial charge on any atom is 0.134 e. The van der Waals surface area contributed by atoms with E-state index in [1.54, 1.807) is 0 Å². The lowest BCUT2D eigenvalue weighted by molar-refractivity contribution is 0.604. The van der Waals surface area contributed by atoms with Crippen LogP contribution in [0.1, 0.15) is 11.3 Å². The molecule has 1 heterocycles. The van der Waals surface area contributed by atoms with Crippen LogP contribution >= 0.6 is 15.9 Å². The third kappa shape index (κ3) is 2.39. The number of fused-ring (bicyclic) bond motifs is 1. The molecule has 0 amide bonds. The zero-order valence-electron chi connectivity index (χ0n) is 9.64. The van der Waals surface area contributed by atoms with Crippen molar-refractivity contribution in [2.24, 2.45) is 0 Å². The molecule has 0 unspecified atom stereocenters. The van der Waals surface area contributed by atoms with Gasteiger partial charge in [-0.15, -0.1) is 0 Å². The van der Waals surface area contributed by atoms with E-state index in [2.05, 4.69) is 34.1 Å². The van der Waals surface area contributed by atoms with Gasteiger partial charge in [-0.05, 0) is 35.9 Å². The van der Waals surface area contributed by atoms with Crippen LogP contribution in [-0.4, -0.2) is 0 Å². The summed E-state index contributed by atoms with van der Waals surface area (Å²) in [6, 6.07) is 18.2. The SMILES string of the molecule is Brc1ccc(/C=C/c2cc3ccccc3o2)cc1. The molecule has 0 N–H and O–H groups in total. The fourth-order valence-corrected chi connectivity index (χ4v) is 2.10. The average molecular weight is 299 g/mol. The fourth-order valence-electron chi connectivity index (χ4n) is 1.84. The van der Waals surface area contributed by atoms with Crippen LogP contribution in [0.2, 0.25) is 0 Å². The van der Waals surface area contributed by atoms with Crippen LogP contribution in [0.15, 0.2) is 63.5 Å². The highest BCUT2D eigenvalue weighted by atomic mass is 79.9. The molecule has 3 rings (SSSR count). The number of rotatable bonds is 2. The van der Waals surface area contributed by atoms with Crippen molar-refractivity contribution in [2.45, 2.75) is 0 Å². The summed E-state index contributed by atoms with van der Waals surface area (Å²) in [5.74, 6) is 0.874. The van der Waals surface area contributed by atoms with Crippen molar-refractivity contribution in [3.63, 3.8) is 0 Å². The van der Waals surface area contributed by atoms with Crippen molar-refractivity contribution >= 4 is 39.1 Å². The van der Waals surface area contributed by atoms with E-state index in [0.717, 1.165) is 26.8 Å². The molecule has 0 radical (unpaired) electrons. The van der Waals surface area contributed by atoms with Gasteiger partial charge in [-0.3, -0.25) is 0 Å². The molecule has 88 valence electrons. The fraction of sp³-hybridized carbons (Fsp3) is 0. The minimum atomic E-state index is 0.874. The van der Waals surface area contributed by atoms with Crippen LogP contribution in [0.5, 0.6) is 0 Å². The zero-order valence-corrected chi connectivity index (χ0v) is 11.2. The summed E-state index contributed by atoms with van der Waals surface area (Å²) in [6.45, 7) is 0. The van der Waals surface area contributed by atoms with Gasteiger partial charge in [0.05, 0.1) is 0 Å². The van der Waals surface area contributed by atoms with Gasteiger partial charge < -0.3 is 4.42 Å². The molecule has 0 aliphatic rings. The molecule has 2 aromatic carbocycles. The van der Waals surface area contributed by atoms with Crippen molar-refractivity contribution in [3.05, 3.63) is 70.4 Å². The summed E-state index contributed by atoms with van der Waals surface area (Å²) in [5, 5.41) is 1.13. The molecule has 0 fully saturated rings. The van der Waals surface area contributed by atoms with Crippen LogP contribution in [0.4, 0.5) is 0 Å². The third-order valence-corrected chi connectivity index (χ3v) is 3.28. The summed E-state index contributed by atoms with van der Waals surface area (Å²) in [6.07, 6.45) is 4.04. The minimum Gasteiger partial charge on any atom is -0.457 e. The van der Waals surface area contributed by atoms with Gasteiger partial charge in [0.25, 0.3) is 0 Å². The van der Waals surface area contributed by atoms with Crippen molar-refractivity contribution in [1.29, 1.82) is 0 Å². The summed E-state index contributed by atoms with van der Waals surface area (Å²) in [4.78, 5) is 0. The Bertz CT molecular complexity index is 659. The average Bonchev–Trinajstić information content (AvgIpc) is 2.81. The second-order valence-electron chi connectivity index (χ2n) is 4.07. The van der Waals surface area contributed by atoms with Crippen molar-refractivity contribution in [3.8, 4) is 0 Å². The van der Waals surface area contributed by atoms with Gasteiger partial charge in [-0.1, -0.05) is 52.3 Å². The second-order valence-corrected chi connectivity index (χ2v) is 4.99. The smallest absolute Gasteiger partial charge is 0.134 e. The highest BCUT2D eigenvalue weighted by Gasteiger charge is 1.98. The Labute approximate surface area is 114 Å². The molecule has 1 nitrogen and oxygen atoms in total. The van der Waals surface area contributed by atoms with E-state index < -0.39 is 0 Å². The number of hydrogen-bond acceptors (Lipinski definition) is 1. The van der Waals surface area contributed by atoms with Crippen molar-refractivity contribution in [2.75, 3.05) is 0 Å². The molecule has 3 aromatic rings. The maximum absolute atomic E-state index is 5.72. The zero-order chi connectivity index (χ0) is 12.4. The first kappa shape index (κ1) is 11.3. The van der Waals surface area contributed by atoms with Gasteiger partial charge in [0, 0.05) is 9.86 Å². The monoisotopic (exact) mass is 298 g/mol. The molecule has 0 aliphatic carbocycles. The van der Waals surface area contributed by atoms with E-state index in [1.165, 1.54) is 0 Å². The van der Waals surface area contributed by atoms with E-state index >= 15 is 0 Å². The highest BCUT2D eigenvalue weighted by Crippen LogP contribution is 2.20. The first-order valence-electron chi connectivity index (χ1n) is 5.73. The molecule has 18 heavy (non-hydrogen) atoms. The van der Waals surface area contributed by atoms with Crippen molar-refractivity contribution < 1.29 is 4.42 Å². The number of halogens is 1. The van der Waals surface area contributed by atoms with Crippen LogP contribution < -0.4 is 0 Å². The summed E-state index contributed by atoms with van der Waals surface area (Å²) in [5.41, 5.74) is 2.08. The topological polar surface area (TPSA) is 13.1 Å². The maximum atomic E-state index is 5.72. The van der Waals surface area contributed by atoms with Crippen LogP contribution in [0, 0.1) is 0 Å². The molecule has 0 saturated heterocycles. The van der Waals surface area contributed by atoms with E-state index in [-0.39, 0.29) is 0 Å². The molecule has 1 aromatic heterocycles. The Morgan fingerprint density at radius 3 is 2.44 bits per heavy atom. The van der Waals surface area contributed by atoms with Gasteiger partial charge in [0.15, 0.2) is 0 Å². The standard InChI is InChI=1S/C16H11BrO/c17-14-8-5-12(6-9-14)7-10-15-11-13-3-1-2-4-16(13)18-15/h1-11H/b10-7+. The van der Waals surface area contributed by atoms with E-state index in [1.807, 2.05) is 48.6 Å². The Morgan fingerprint density at radius 2 is 1.67 bits per heavy atom. The molecule has 0 bridgehead atoms. The summed E-state index contributed by atoms with van der Waals surface area (Å²) < 4.78 is 6.80. The predicted octanol–water partition coefficient (Wildman–Crippen LogP) is 5.37. The molecular weight excluding hydrogens is 288 g/mol. The van der Waals surface area contributed by atoms with Crippen LogP contribution in [0.25, 0.3) is 23.1 Å². The second kappa shape index (κ2) is 4.83. The van der Waals surface area contributed by atoms with Gasteiger partial charge >= 0.3 is 0 Å². The first-order valence-corrected chi connectivity index (χ1v) is 6.53. The summed E-state index contributed by atoms with van der Waals surface area (Å²) in [7, 11) is 0. The highest BCUT2D eigenvalue weighted by molar-refractivity contribution is 9.10. The van der Waals surface area contributed by atoms with Gasteiger partial charge in [-0.25, -0.2) is 0 Å². The van der Waals surface area contributed by atoms with E-state index in [4.69, 9.17) is 4.42 Å². The number of hydrogen-bond donors (Lipinski definition) is 0. The summed E-state index contributed by atoms with van der Waals surface area (Å²) >= 11 is 3.42. The molecule has 0 atom stereocenters. The number of furan rings is 1. The van der Waals surface area contributed by atoms with Crippen LogP contribution in [0.3, 0.4) is 0 Å². The third-order valence-electron chi connectivity index (χ3n) is 2.75. The number of para-hydroxylation sites is 1. The molecule has 0 saturated carbocycles. The lowest BCUT2D eigenvalue weighted by Crippen LogP contribution is -1.70. The Kier molecular flexibility index (Phi) is 3.03. The molecular formula is C16H11BrO. The van der Waals surface area contributed by atoms with Crippen molar-refractivity contribution in [1.82, 2.24) is 0 Å². The quantitative estimate of drug-likeness (QED) is 0.620.